The average molecular weight is 268 g/mol. The van der Waals surface area contributed by atoms with Crippen LogP contribution in [0.1, 0.15) is 19.4 Å². The lowest BCUT2D eigenvalue weighted by Crippen LogP contribution is -2.34. The number of primary amides is 1. The van der Waals surface area contributed by atoms with E-state index in [1.807, 2.05) is 50.3 Å². The third-order valence-corrected chi connectivity index (χ3v) is 1.88. The smallest absolute Gasteiger partial charge is 0.317 e. The molecule has 2 amide bonds. The highest BCUT2D eigenvalue weighted by molar-refractivity contribution is 6.05. The molecule has 18 heavy (non-hydrogen) atoms. The van der Waals surface area contributed by atoms with Crippen LogP contribution in [-0.2, 0) is 0 Å². The summed E-state index contributed by atoms with van der Waals surface area (Å²) in [4.78, 5) is 15.0. The maximum absolute atomic E-state index is 10.8. The van der Waals surface area contributed by atoms with Crippen LogP contribution in [0, 0.1) is 0 Å². The molecular formula is C13H18ClN3O. The number of hydrogen-bond donors (Lipinski definition) is 2. The van der Waals surface area contributed by atoms with Gasteiger partial charge in [-0.05, 0) is 25.5 Å². The van der Waals surface area contributed by atoms with E-state index in [9.17, 15) is 4.79 Å². The van der Waals surface area contributed by atoms with Gasteiger partial charge in [-0.25, -0.2) is 4.79 Å². The lowest BCUT2D eigenvalue weighted by atomic mass is 10.2. The summed E-state index contributed by atoms with van der Waals surface area (Å²) in [5, 5.41) is 2.48. The molecule has 0 atom stereocenters. The molecule has 0 bridgehead atoms. The van der Waals surface area contributed by atoms with Crippen LogP contribution >= 0.6 is 12.4 Å². The summed E-state index contributed by atoms with van der Waals surface area (Å²) in [6.07, 6.45) is 3.61. The summed E-state index contributed by atoms with van der Waals surface area (Å²) >= 11 is 0. The summed E-state index contributed by atoms with van der Waals surface area (Å²) in [7, 11) is 0. The molecule has 0 heterocycles. The van der Waals surface area contributed by atoms with Gasteiger partial charge in [0.2, 0.25) is 0 Å². The van der Waals surface area contributed by atoms with E-state index in [-0.39, 0.29) is 18.4 Å². The van der Waals surface area contributed by atoms with Crippen LogP contribution in [0.3, 0.4) is 0 Å². The van der Waals surface area contributed by atoms with E-state index in [0.29, 0.717) is 5.84 Å². The van der Waals surface area contributed by atoms with Crippen LogP contribution in [0.4, 0.5) is 4.79 Å². The lowest BCUT2D eigenvalue weighted by molar-refractivity contribution is 0.253. The number of carbonyl (C=O) groups is 1. The zero-order valence-corrected chi connectivity index (χ0v) is 11.3. The number of rotatable bonds is 3. The molecule has 0 aromatic heterocycles. The summed E-state index contributed by atoms with van der Waals surface area (Å²) in [5.74, 6) is 0.469. The predicted octanol–water partition coefficient (Wildman–Crippen LogP) is 2.60. The van der Waals surface area contributed by atoms with E-state index < -0.39 is 6.03 Å². The molecule has 5 heteroatoms. The van der Waals surface area contributed by atoms with E-state index in [1.54, 1.807) is 6.08 Å². The molecule has 0 aliphatic rings. The minimum Gasteiger partial charge on any atom is -0.351 e. The Balaban J connectivity index is 0.00000289. The highest BCUT2D eigenvalue weighted by Crippen LogP contribution is 2.01. The van der Waals surface area contributed by atoms with Crippen molar-refractivity contribution in [2.75, 3.05) is 0 Å². The Morgan fingerprint density at radius 1 is 1.33 bits per heavy atom. The molecule has 0 radical (unpaired) electrons. The van der Waals surface area contributed by atoms with E-state index >= 15 is 0 Å². The SMILES string of the molecule is CC(C)N=C(C=Cc1ccccc1)NC(N)=O.Cl. The number of nitrogens with two attached hydrogens (primary N) is 1. The van der Waals surface area contributed by atoms with Crippen molar-refractivity contribution in [3.8, 4) is 0 Å². The zero-order valence-electron chi connectivity index (χ0n) is 10.5. The molecular weight excluding hydrogens is 250 g/mol. The molecule has 0 saturated carbocycles. The fourth-order valence-corrected chi connectivity index (χ4v) is 1.26. The minimum atomic E-state index is -0.609. The van der Waals surface area contributed by atoms with E-state index in [2.05, 4.69) is 10.3 Å². The maximum atomic E-state index is 10.8. The zero-order chi connectivity index (χ0) is 12.7. The van der Waals surface area contributed by atoms with Crippen molar-refractivity contribution in [2.45, 2.75) is 19.9 Å². The van der Waals surface area contributed by atoms with Gasteiger partial charge in [0, 0.05) is 6.04 Å². The molecule has 0 spiro atoms. The number of aliphatic imine (C=N–C) groups is 1. The maximum Gasteiger partial charge on any atom is 0.317 e. The van der Waals surface area contributed by atoms with E-state index in [1.165, 1.54) is 0 Å². The molecule has 4 nitrogen and oxygen atoms in total. The number of carbonyl (C=O) groups excluding carboxylic acids is 1. The predicted molar refractivity (Wildman–Crippen MR) is 78.0 cm³/mol. The largest absolute Gasteiger partial charge is 0.351 e. The van der Waals surface area contributed by atoms with Crippen LogP contribution in [0.25, 0.3) is 6.08 Å². The monoisotopic (exact) mass is 267 g/mol. The summed E-state index contributed by atoms with van der Waals surface area (Å²) in [6, 6.07) is 9.25. The topological polar surface area (TPSA) is 67.5 Å². The third-order valence-electron chi connectivity index (χ3n) is 1.88. The number of nitrogens with zero attached hydrogens (tertiary/aromatic N) is 1. The number of benzene rings is 1. The van der Waals surface area contributed by atoms with Crippen molar-refractivity contribution in [1.29, 1.82) is 0 Å². The second-order valence-corrected chi connectivity index (χ2v) is 3.84. The number of amidine groups is 1. The molecule has 0 aliphatic heterocycles. The first-order valence-electron chi connectivity index (χ1n) is 5.45. The fourth-order valence-electron chi connectivity index (χ4n) is 1.26. The highest BCUT2D eigenvalue weighted by Gasteiger charge is 1.99. The number of hydrogen-bond acceptors (Lipinski definition) is 2. The molecule has 0 unspecified atom stereocenters. The van der Waals surface area contributed by atoms with Crippen LogP contribution in [0.5, 0.6) is 0 Å². The Morgan fingerprint density at radius 2 is 1.94 bits per heavy atom. The van der Waals surface area contributed by atoms with Gasteiger partial charge in [0.25, 0.3) is 0 Å². The van der Waals surface area contributed by atoms with Crippen molar-refractivity contribution < 1.29 is 4.79 Å². The number of urea groups is 1. The second-order valence-electron chi connectivity index (χ2n) is 3.84. The first-order valence-corrected chi connectivity index (χ1v) is 5.45. The Labute approximate surface area is 113 Å². The third kappa shape index (κ3) is 6.70. The van der Waals surface area contributed by atoms with Crippen LogP contribution in [0.15, 0.2) is 41.4 Å². The van der Waals surface area contributed by atoms with E-state index in [4.69, 9.17) is 5.73 Å². The first kappa shape index (κ1) is 16.2. The first-order chi connectivity index (χ1) is 8.08. The molecule has 0 aliphatic carbocycles. The molecule has 3 N–H and O–H groups in total. The standard InChI is InChI=1S/C13H17N3O.ClH/c1-10(2)15-12(16-13(14)17)9-8-11-6-4-3-5-7-11;/h3-10H,1-2H3,(H3,14,15,16,17);1H. The quantitative estimate of drug-likeness (QED) is 0.641. The van der Waals surface area contributed by atoms with Crippen LogP contribution in [-0.4, -0.2) is 17.9 Å². The van der Waals surface area contributed by atoms with E-state index in [0.717, 1.165) is 5.56 Å². The molecule has 1 aromatic carbocycles. The van der Waals surface area contributed by atoms with Gasteiger partial charge >= 0.3 is 6.03 Å². The minimum absolute atomic E-state index is 0. The number of amides is 2. The van der Waals surface area contributed by atoms with Crippen molar-refractivity contribution in [1.82, 2.24) is 5.32 Å². The van der Waals surface area contributed by atoms with Gasteiger partial charge in [-0.3, -0.25) is 10.3 Å². The summed E-state index contributed by atoms with van der Waals surface area (Å²) in [6.45, 7) is 3.86. The van der Waals surface area contributed by atoms with Gasteiger partial charge in [-0.1, -0.05) is 36.4 Å². The Kier molecular flexibility index (Phi) is 7.47. The molecule has 0 saturated heterocycles. The molecule has 98 valence electrons. The molecule has 0 fully saturated rings. The van der Waals surface area contributed by atoms with Gasteiger partial charge in [0.05, 0.1) is 0 Å². The van der Waals surface area contributed by atoms with Gasteiger partial charge < -0.3 is 5.73 Å². The number of nitrogens with one attached hydrogen (secondary N) is 1. The van der Waals surface area contributed by atoms with Crippen molar-refractivity contribution in [2.24, 2.45) is 10.7 Å². The number of halogens is 1. The lowest BCUT2D eigenvalue weighted by Gasteiger charge is -2.04. The van der Waals surface area contributed by atoms with Crippen molar-refractivity contribution >= 4 is 30.3 Å². The van der Waals surface area contributed by atoms with Gasteiger partial charge in [-0.2, -0.15) is 0 Å². The second kappa shape index (κ2) is 8.31. The van der Waals surface area contributed by atoms with Gasteiger partial charge in [0.1, 0.15) is 5.84 Å². The Bertz CT molecular complexity index is 427. The highest BCUT2D eigenvalue weighted by atomic mass is 35.5. The fraction of sp³-hybridized carbons (Fsp3) is 0.231. The van der Waals surface area contributed by atoms with Crippen molar-refractivity contribution in [3.05, 3.63) is 42.0 Å². The average Bonchev–Trinajstić information content (AvgIpc) is 2.26. The van der Waals surface area contributed by atoms with Crippen molar-refractivity contribution in [3.63, 3.8) is 0 Å². The van der Waals surface area contributed by atoms with Gasteiger partial charge in [0.15, 0.2) is 0 Å². The Morgan fingerprint density at radius 3 is 2.44 bits per heavy atom. The molecule has 1 aromatic rings. The molecule has 1 rings (SSSR count). The van der Waals surface area contributed by atoms with Crippen LogP contribution in [0.2, 0.25) is 0 Å². The Hall–Kier alpha value is -1.81. The summed E-state index contributed by atoms with van der Waals surface area (Å²) in [5.41, 5.74) is 6.11. The summed E-state index contributed by atoms with van der Waals surface area (Å²) < 4.78 is 0. The normalized spacial score (nSPS) is 11.4. The van der Waals surface area contributed by atoms with Crippen LogP contribution < -0.4 is 11.1 Å². The van der Waals surface area contributed by atoms with Gasteiger partial charge in [-0.15, -0.1) is 12.4 Å².